The van der Waals surface area contributed by atoms with Crippen molar-refractivity contribution in [2.45, 2.75) is 33.4 Å². The van der Waals surface area contributed by atoms with Gasteiger partial charge in [0.1, 0.15) is 5.75 Å². The lowest BCUT2D eigenvalue weighted by Gasteiger charge is -2.24. The summed E-state index contributed by atoms with van der Waals surface area (Å²) in [5, 5.41) is 14.0. The largest absolute Gasteiger partial charge is 0.508 e. The molecule has 0 unspecified atom stereocenters. The van der Waals surface area contributed by atoms with E-state index in [-0.39, 0.29) is 17.9 Å². The number of allylic oxidation sites excluding steroid dienone is 1. The van der Waals surface area contributed by atoms with Crippen LogP contribution in [-0.2, 0) is 16.1 Å². The number of aromatic nitrogens is 3. The highest BCUT2D eigenvalue weighted by molar-refractivity contribution is 7.07. The van der Waals surface area contributed by atoms with Gasteiger partial charge in [-0.1, -0.05) is 23.5 Å². The number of esters is 1. The zero-order chi connectivity index (χ0) is 22.1. The maximum atomic E-state index is 13.4. The molecule has 3 aromatic rings. The number of fused-ring (bicyclic) bond motifs is 1. The van der Waals surface area contributed by atoms with E-state index in [1.165, 1.54) is 28.0 Å². The average Bonchev–Trinajstić information content (AvgIpc) is 3.32. The Labute approximate surface area is 182 Å². The fourth-order valence-corrected chi connectivity index (χ4v) is 4.59. The number of phenolic OH excluding ortho intramolecular Hbond substituents is 1. The molecule has 0 aliphatic carbocycles. The molecule has 1 aliphatic heterocycles. The number of rotatable bonds is 5. The first-order valence-electron chi connectivity index (χ1n) is 9.94. The van der Waals surface area contributed by atoms with Gasteiger partial charge >= 0.3 is 5.97 Å². The minimum absolute atomic E-state index is 0.0995. The van der Waals surface area contributed by atoms with E-state index in [0.29, 0.717) is 26.2 Å². The monoisotopic (exact) mass is 438 g/mol. The topological polar surface area (TPSA) is 98.7 Å². The average molecular weight is 439 g/mol. The maximum absolute atomic E-state index is 13.4. The Morgan fingerprint density at radius 1 is 1.29 bits per heavy atom. The van der Waals surface area contributed by atoms with Crippen molar-refractivity contribution in [1.29, 1.82) is 0 Å². The first-order chi connectivity index (χ1) is 14.9. The van der Waals surface area contributed by atoms with Crippen molar-refractivity contribution in [2.75, 3.05) is 6.61 Å². The number of aromatic hydroxyl groups is 1. The van der Waals surface area contributed by atoms with Gasteiger partial charge in [0.2, 0.25) is 0 Å². The molecule has 1 aromatic carbocycles. The zero-order valence-corrected chi connectivity index (χ0v) is 18.2. The summed E-state index contributed by atoms with van der Waals surface area (Å²) < 4.78 is 9.06. The number of thiazole rings is 1. The molecular weight excluding hydrogens is 416 g/mol. The van der Waals surface area contributed by atoms with Gasteiger partial charge in [0.15, 0.2) is 4.80 Å². The van der Waals surface area contributed by atoms with Crippen molar-refractivity contribution >= 4 is 23.4 Å². The van der Waals surface area contributed by atoms with Crippen LogP contribution in [0.15, 0.2) is 57.7 Å². The Morgan fingerprint density at radius 3 is 2.68 bits per heavy atom. The van der Waals surface area contributed by atoms with Crippen LogP contribution in [0.4, 0.5) is 0 Å². The highest BCUT2D eigenvalue weighted by Crippen LogP contribution is 2.31. The van der Waals surface area contributed by atoms with Crippen molar-refractivity contribution in [1.82, 2.24) is 14.3 Å². The molecule has 0 bridgehead atoms. The van der Waals surface area contributed by atoms with E-state index in [2.05, 4.69) is 10.1 Å². The standard InChI is InChI=1S/C22H22N4O4S/c1-4-25-12-14(11-23-25)10-17-20(28)26-19(15-6-8-16(27)9-7-15)18(21(29)30-5-2)13(3)24-22(26)31-17/h6-12,19,27H,4-5H2,1-3H3/b17-10+/t19-/m0/s1. The van der Waals surface area contributed by atoms with Crippen LogP contribution in [0, 0.1) is 0 Å². The SMILES string of the molecule is CCOC(=O)C1=C(C)N=c2s/c(=C/c3cnn(CC)c3)c(=O)n2[C@H]1c1ccc(O)cc1. The van der Waals surface area contributed by atoms with Gasteiger partial charge < -0.3 is 9.84 Å². The van der Waals surface area contributed by atoms with Gasteiger partial charge in [-0.25, -0.2) is 9.79 Å². The van der Waals surface area contributed by atoms with Gasteiger partial charge in [0, 0.05) is 18.3 Å². The fraction of sp³-hybridized carbons (Fsp3) is 0.273. The van der Waals surface area contributed by atoms with Gasteiger partial charge in [-0.05, 0) is 44.5 Å². The Bertz CT molecular complexity index is 1350. The Balaban J connectivity index is 1.93. The number of aryl methyl sites for hydroxylation is 1. The summed E-state index contributed by atoms with van der Waals surface area (Å²) in [7, 11) is 0. The summed E-state index contributed by atoms with van der Waals surface area (Å²) in [6.45, 7) is 6.40. The van der Waals surface area contributed by atoms with E-state index in [0.717, 1.165) is 12.1 Å². The Morgan fingerprint density at radius 2 is 2.03 bits per heavy atom. The summed E-state index contributed by atoms with van der Waals surface area (Å²) >= 11 is 1.26. The molecule has 0 amide bonds. The molecule has 160 valence electrons. The molecule has 9 heteroatoms. The molecule has 0 radical (unpaired) electrons. The van der Waals surface area contributed by atoms with E-state index >= 15 is 0 Å². The molecule has 3 heterocycles. The third-order valence-electron chi connectivity index (χ3n) is 5.00. The molecule has 0 saturated carbocycles. The second-order valence-electron chi connectivity index (χ2n) is 7.02. The van der Waals surface area contributed by atoms with Gasteiger partial charge in [-0.15, -0.1) is 0 Å². The number of carbonyl (C=O) groups is 1. The van der Waals surface area contributed by atoms with Gasteiger partial charge in [0.05, 0.1) is 34.6 Å². The highest BCUT2D eigenvalue weighted by atomic mass is 32.1. The first kappa shape index (κ1) is 20.8. The molecule has 4 rings (SSSR count). The lowest BCUT2D eigenvalue weighted by Crippen LogP contribution is -2.39. The molecule has 1 aliphatic rings. The number of nitrogens with zero attached hydrogens (tertiary/aromatic N) is 4. The summed E-state index contributed by atoms with van der Waals surface area (Å²) in [5.74, 6) is -0.414. The number of benzene rings is 1. The van der Waals surface area contributed by atoms with E-state index in [1.54, 1.807) is 42.9 Å². The summed E-state index contributed by atoms with van der Waals surface area (Å²) in [6, 6.07) is 5.75. The molecule has 8 nitrogen and oxygen atoms in total. The quantitative estimate of drug-likeness (QED) is 0.612. The number of ether oxygens (including phenoxy) is 1. The number of hydrogen-bond donors (Lipinski definition) is 1. The van der Waals surface area contributed by atoms with Crippen molar-refractivity contribution in [3.05, 3.63) is 78.7 Å². The van der Waals surface area contributed by atoms with Crippen LogP contribution in [0.5, 0.6) is 5.75 Å². The smallest absolute Gasteiger partial charge is 0.338 e. The van der Waals surface area contributed by atoms with Gasteiger partial charge in [-0.3, -0.25) is 14.0 Å². The lowest BCUT2D eigenvalue weighted by molar-refractivity contribution is -0.139. The van der Waals surface area contributed by atoms with Gasteiger partial charge in [0.25, 0.3) is 5.56 Å². The van der Waals surface area contributed by atoms with E-state index in [4.69, 9.17) is 4.74 Å². The summed E-state index contributed by atoms with van der Waals surface area (Å²) in [5.41, 5.74) is 2.06. The highest BCUT2D eigenvalue weighted by Gasteiger charge is 2.33. The summed E-state index contributed by atoms with van der Waals surface area (Å²) in [4.78, 5) is 31.2. The maximum Gasteiger partial charge on any atom is 0.338 e. The van der Waals surface area contributed by atoms with Crippen LogP contribution in [0.1, 0.15) is 37.9 Å². The second-order valence-corrected chi connectivity index (χ2v) is 8.03. The Hall–Kier alpha value is -3.46. The van der Waals surface area contributed by atoms with E-state index in [9.17, 15) is 14.7 Å². The minimum atomic E-state index is -0.698. The predicted octanol–water partition coefficient (Wildman–Crippen LogP) is 1.72. The normalized spacial score (nSPS) is 16.2. The summed E-state index contributed by atoms with van der Waals surface area (Å²) in [6.07, 6.45) is 5.35. The Kier molecular flexibility index (Phi) is 5.60. The predicted molar refractivity (Wildman–Crippen MR) is 116 cm³/mol. The lowest BCUT2D eigenvalue weighted by atomic mass is 9.96. The molecule has 0 saturated heterocycles. The fourth-order valence-electron chi connectivity index (χ4n) is 3.54. The molecule has 31 heavy (non-hydrogen) atoms. The molecular formula is C22H22N4O4S. The third kappa shape index (κ3) is 3.84. The van der Waals surface area contributed by atoms with Crippen LogP contribution in [0.3, 0.4) is 0 Å². The van der Waals surface area contributed by atoms with E-state index in [1.807, 2.05) is 13.1 Å². The van der Waals surface area contributed by atoms with Crippen LogP contribution in [0.25, 0.3) is 6.08 Å². The second kappa shape index (κ2) is 8.35. The van der Waals surface area contributed by atoms with Crippen LogP contribution in [0.2, 0.25) is 0 Å². The molecule has 1 N–H and O–H groups in total. The minimum Gasteiger partial charge on any atom is -0.508 e. The van der Waals surface area contributed by atoms with Crippen molar-refractivity contribution in [2.24, 2.45) is 4.99 Å². The van der Waals surface area contributed by atoms with Crippen LogP contribution in [-0.4, -0.2) is 32.0 Å². The zero-order valence-electron chi connectivity index (χ0n) is 17.4. The molecule has 0 fully saturated rings. The van der Waals surface area contributed by atoms with Crippen molar-refractivity contribution in [3.8, 4) is 5.75 Å². The number of carbonyl (C=O) groups excluding carboxylic acids is 1. The van der Waals surface area contributed by atoms with Gasteiger partial charge in [-0.2, -0.15) is 5.10 Å². The number of phenols is 1. The van der Waals surface area contributed by atoms with Crippen LogP contribution >= 0.6 is 11.3 Å². The molecule has 2 aromatic heterocycles. The third-order valence-corrected chi connectivity index (χ3v) is 5.98. The van der Waals surface area contributed by atoms with E-state index < -0.39 is 12.0 Å². The van der Waals surface area contributed by atoms with Crippen molar-refractivity contribution in [3.63, 3.8) is 0 Å². The molecule has 0 spiro atoms. The van der Waals surface area contributed by atoms with Crippen molar-refractivity contribution < 1.29 is 14.6 Å². The number of hydrogen-bond acceptors (Lipinski definition) is 7. The van der Waals surface area contributed by atoms with Crippen LogP contribution < -0.4 is 14.9 Å². The molecule has 1 atom stereocenters. The first-order valence-corrected chi connectivity index (χ1v) is 10.8.